The van der Waals surface area contributed by atoms with Crippen molar-refractivity contribution in [3.8, 4) is 0 Å². The Morgan fingerprint density at radius 3 is 1.52 bits per heavy atom. The molecule has 6 rings (SSSR count). The first-order valence-corrected chi connectivity index (χ1v) is 19.6. The van der Waals surface area contributed by atoms with Crippen LogP contribution in [0.3, 0.4) is 0 Å². The van der Waals surface area contributed by atoms with Gasteiger partial charge >= 0.3 is 17.6 Å². The van der Waals surface area contributed by atoms with E-state index < -0.39 is 61.7 Å². The molecule has 21 heteroatoms. The summed E-state index contributed by atoms with van der Waals surface area (Å²) in [5, 5.41) is 24.7. The molecule has 336 valence electrons. The van der Waals surface area contributed by atoms with Crippen LogP contribution in [-0.4, -0.2) is 109 Å². The highest BCUT2D eigenvalue weighted by Gasteiger charge is 2.25. The maximum atomic E-state index is 14.4. The van der Waals surface area contributed by atoms with Crippen LogP contribution in [0.5, 0.6) is 0 Å². The number of nitro benzene ring substituents is 2. The smallest absolute Gasteiger partial charge is 0.341 e. The quantitative estimate of drug-likeness (QED) is 0.0771. The second-order valence-electron chi connectivity index (χ2n) is 13.8. The number of nitro groups is 2. The number of nitrogens with two attached hydrogens (primary N) is 1. The van der Waals surface area contributed by atoms with Crippen LogP contribution >= 0.6 is 0 Å². The molecule has 2 heterocycles. The van der Waals surface area contributed by atoms with Crippen molar-refractivity contribution < 1.29 is 51.7 Å². The monoisotopic (exact) mass is 880 g/mol. The van der Waals surface area contributed by atoms with E-state index >= 15 is 0 Å². The molecule has 0 unspecified atom stereocenters. The number of hydrogen-bond donors (Lipinski definition) is 2. The number of rotatable bonds is 10. The fraction of sp³-hybridized carbons (Fsp3) is 0.333. The second kappa shape index (κ2) is 22.4. The Labute approximate surface area is 360 Å². The maximum Gasteiger partial charge on any atom is 0.341 e. The number of ether oxygens (including phenoxy) is 2. The number of hydrogen-bond acceptors (Lipinski definition) is 14. The zero-order valence-electron chi connectivity index (χ0n) is 35.0. The summed E-state index contributed by atoms with van der Waals surface area (Å²) in [5.74, 6) is -5.27. The molecule has 0 atom stereocenters. The third-order valence-electron chi connectivity index (χ3n) is 9.68. The summed E-state index contributed by atoms with van der Waals surface area (Å²) in [4.78, 5) is 73.8. The minimum atomic E-state index is -1.34. The van der Waals surface area contributed by atoms with Crippen LogP contribution < -0.4 is 20.9 Å². The molecule has 2 fully saturated rings. The first-order chi connectivity index (χ1) is 29.9. The second-order valence-corrected chi connectivity index (χ2v) is 13.8. The van der Waals surface area contributed by atoms with Gasteiger partial charge in [-0.05, 0) is 50.2 Å². The number of nitrogen functional groups attached to an aromatic ring is 1. The summed E-state index contributed by atoms with van der Waals surface area (Å²) in [7, 11) is 0. The van der Waals surface area contributed by atoms with E-state index in [0.29, 0.717) is 37.9 Å². The van der Waals surface area contributed by atoms with Crippen molar-refractivity contribution in [1.29, 1.82) is 0 Å². The van der Waals surface area contributed by atoms with Crippen LogP contribution in [0, 0.1) is 37.7 Å². The van der Waals surface area contributed by atoms with Gasteiger partial charge in [-0.25, -0.2) is 18.4 Å². The van der Waals surface area contributed by atoms with Crippen molar-refractivity contribution in [1.82, 2.24) is 9.80 Å². The third-order valence-corrected chi connectivity index (χ3v) is 9.68. The van der Waals surface area contributed by atoms with Gasteiger partial charge in [-0.2, -0.15) is 4.39 Å². The molecule has 63 heavy (non-hydrogen) atoms. The number of halogens is 3. The summed E-state index contributed by atoms with van der Waals surface area (Å²) in [6.45, 7) is 12.1. The Kier molecular flexibility index (Phi) is 17.2. The molecule has 0 radical (unpaired) electrons. The Bertz CT molecular complexity index is 2320. The number of anilines is 5. The number of benzene rings is 4. The number of amides is 2. The maximum absolute atomic E-state index is 14.4. The van der Waals surface area contributed by atoms with Gasteiger partial charge < -0.3 is 40.1 Å². The average Bonchev–Trinajstić information content (AvgIpc) is 3.24. The number of nitrogens with zero attached hydrogens (tertiary/aromatic N) is 6. The number of nitrogens with one attached hydrogen (secondary N) is 1. The zero-order chi connectivity index (χ0) is 46.4. The lowest BCUT2D eigenvalue weighted by Gasteiger charge is -2.35. The molecule has 0 bridgehead atoms. The Balaban J connectivity index is 0.000000229. The first kappa shape index (κ1) is 48.2. The van der Waals surface area contributed by atoms with Crippen LogP contribution in [-0.2, 0) is 19.1 Å². The van der Waals surface area contributed by atoms with Gasteiger partial charge in [0.2, 0.25) is 17.6 Å². The van der Waals surface area contributed by atoms with Crippen LogP contribution in [0.15, 0.2) is 72.8 Å². The molecule has 2 aliphatic heterocycles. The lowest BCUT2D eigenvalue weighted by Crippen LogP contribution is -2.48. The molecule has 4 aromatic rings. The molecule has 0 aliphatic carbocycles. The Morgan fingerprint density at radius 1 is 0.635 bits per heavy atom. The number of esters is 2. The van der Waals surface area contributed by atoms with Crippen molar-refractivity contribution >= 4 is 63.6 Å². The van der Waals surface area contributed by atoms with Gasteiger partial charge in [-0.15, -0.1) is 0 Å². The van der Waals surface area contributed by atoms with E-state index in [9.17, 15) is 52.6 Å². The zero-order valence-corrected chi connectivity index (χ0v) is 35.0. The van der Waals surface area contributed by atoms with E-state index in [1.165, 1.54) is 6.92 Å². The number of piperazine rings is 2. The van der Waals surface area contributed by atoms with Gasteiger partial charge in [0.25, 0.3) is 5.69 Å². The van der Waals surface area contributed by atoms with Gasteiger partial charge in [-0.1, -0.05) is 12.1 Å². The van der Waals surface area contributed by atoms with Gasteiger partial charge in [-0.3, -0.25) is 29.8 Å². The molecule has 0 aromatic heterocycles. The summed E-state index contributed by atoms with van der Waals surface area (Å²) in [6.07, 6.45) is 0. The van der Waals surface area contributed by atoms with Crippen molar-refractivity contribution in [2.75, 3.05) is 86.4 Å². The van der Waals surface area contributed by atoms with E-state index in [1.54, 1.807) is 43.9 Å². The SMILES string of the molecule is CC(=O)N1CCN(c2cccc(N)c2)CC1.CCOC(=O)c1cc([N+](=O)[O-])c(F)cc1F.CCOC(=O)c1cc([N+](=O)[O-])c(Nc2cccc(N3CCN(C(C)=O)CC3)c2)cc1F. The van der Waals surface area contributed by atoms with E-state index in [1.807, 2.05) is 29.2 Å². The van der Waals surface area contributed by atoms with Crippen LogP contribution in [0.4, 0.5) is 53.0 Å². The Hall–Kier alpha value is -7.45. The van der Waals surface area contributed by atoms with Gasteiger partial charge in [0, 0.05) is 113 Å². The average molecular weight is 881 g/mol. The minimum absolute atomic E-state index is 0.0105. The molecule has 2 amide bonds. The van der Waals surface area contributed by atoms with Gasteiger partial charge in [0.05, 0.1) is 23.1 Å². The molecule has 2 saturated heterocycles. The molecular formula is C42H47F3N8O10. The third kappa shape index (κ3) is 13.3. The first-order valence-electron chi connectivity index (χ1n) is 19.6. The number of carbonyl (C=O) groups excluding carboxylic acids is 4. The van der Waals surface area contributed by atoms with Crippen molar-refractivity contribution in [3.63, 3.8) is 0 Å². The lowest BCUT2D eigenvalue weighted by molar-refractivity contribution is -0.387. The largest absolute Gasteiger partial charge is 0.462 e. The van der Waals surface area contributed by atoms with Crippen LogP contribution in [0.2, 0.25) is 0 Å². The predicted octanol–water partition coefficient (Wildman–Crippen LogP) is 6.31. The molecule has 0 spiro atoms. The van der Waals surface area contributed by atoms with Crippen molar-refractivity contribution in [2.45, 2.75) is 27.7 Å². The molecule has 4 aromatic carbocycles. The number of carbonyl (C=O) groups is 4. The van der Waals surface area contributed by atoms with Crippen molar-refractivity contribution in [3.05, 3.63) is 122 Å². The highest BCUT2D eigenvalue weighted by atomic mass is 19.1. The normalized spacial score (nSPS) is 13.4. The molecule has 18 nitrogen and oxygen atoms in total. The lowest BCUT2D eigenvalue weighted by atomic mass is 10.1. The standard InChI is InChI=1S/C21H23FN4O5.C12H17N3O.C9H7F2NO4/c1-3-31-21(28)17-12-20(26(29)30)19(13-18(17)22)23-15-5-4-6-16(11-15)25-9-7-24(8-10-25)14(2)27;1-10(16)14-5-7-15(8-6-14)12-4-2-3-11(13)9-12;1-2-16-9(13)5-3-8(12(14)15)7(11)4-6(5)10/h4-6,11-13,23H,3,7-10H2,1-2H3;2-4,9H,5-8,13H2,1H3;3-4H,2H2,1H3. The van der Waals surface area contributed by atoms with Crippen LogP contribution in [0.1, 0.15) is 48.4 Å². The van der Waals surface area contributed by atoms with E-state index in [4.69, 9.17) is 10.5 Å². The fourth-order valence-corrected chi connectivity index (χ4v) is 6.44. The van der Waals surface area contributed by atoms with Crippen LogP contribution in [0.25, 0.3) is 0 Å². The summed E-state index contributed by atoms with van der Waals surface area (Å²) >= 11 is 0. The van der Waals surface area contributed by atoms with E-state index in [0.717, 1.165) is 55.4 Å². The van der Waals surface area contributed by atoms with Gasteiger partial charge in [0.15, 0.2) is 0 Å². The summed E-state index contributed by atoms with van der Waals surface area (Å²) in [6, 6.07) is 17.6. The highest BCUT2D eigenvalue weighted by molar-refractivity contribution is 5.92. The minimum Gasteiger partial charge on any atom is -0.462 e. The highest BCUT2D eigenvalue weighted by Crippen LogP contribution is 2.32. The fourth-order valence-electron chi connectivity index (χ4n) is 6.44. The van der Waals surface area contributed by atoms with Gasteiger partial charge in [0.1, 0.15) is 28.4 Å². The molecular weight excluding hydrogens is 834 g/mol. The van der Waals surface area contributed by atoms with E-state index in [-0.39, 0.29) is 36.8 Å². The summed E-state index contributed by atoms with van der Waals surface area (Å²) < 4.78 is 49.7. The molecule has 0 saturated carbocycles. The molecule has 2 aliphatic rings. The van der Waals surface area contributed by atoms with Crippen molar-refractivity contribution in [2.24, 2.45) is 0 Å². The van der Waals surface area contributed by atoms with E-state index in [2.05, 4.69) is 25.9 Å². The Morgan fingerprint density at radius 2 is 1.08 bits per heavy atom. The predicted molar refractivity (Wildman–Crippen MR) is 227 cm³/mol. The molecule has 3 N–H and O–H groups in total. The summed E-state index contributed by atoms with van der Waals surface area (Å²) in [5.41, 5.74) is 6.45. The topological polar surface area (TPSA) is 224 Å².